The maximum atomic E-state index is 4.93. The van der Waals surface area contributed by atoms with Gasteiger partial charge in [0, 0.05) is 23.7 Å². The number of aliphatic imine (C=N–C) groups is 2. The fraction of sp³-hybridized carbons (Fsp3) is 0.273. The Kier molecular flexibility index (Phi) is 4.91. The van der Waals surface area contributed by atoms with Crippen molar-refractivity contribution in [2.24, 2.45) is 9.98 Å². The van der Waals surface area contributed by atoms with E-state index in [-0.39, 0.29) is 6.04 Å². The average Bonchev–Trinajstić information content (AvgIpc) is 3.28. The average molecular weight is 407 g/mol. The van der Waals surface area contributed by atoms with Gasteiger partial charge in [-0.05, 0) is 35.9 Å². The van der Waals surface area contributed by atoms with Crippen molar-refractivity contribution < 1.29 is 0 Å². The molecule has 0 aliphatic carbocycles. The molecule has 2 aromatic carbocycles. The van der Waals surface area contributed by atoms with Crippen molar-refractivity contribution in [2.75, 3.05) is 17.6 Å². The van der Waals surface area contributed by atoms with Crippen LogP contribution in [0.2, 0.25) is 0 Å². The number of para-hydroxylation sites is 1. The Hall–Kier alpha value is -2.18. The zero-order valence-electron chi connectivity index (χ0n) is 15.7. The molecule has 3 heterocycles. The lowest BCUT2D eigenvalue weighted by Gasteiger charge is -2.23. The quantitative estimate of drug-likeness (QED) is 0.764. The van der Waals surface area contributed by atoms with Crippen LogP contribution >= 0.6 is 23.5 Å². The number of rotatable bonds is 4. The summed E-state index contributed by atoms with van der Waals surface area (Å²) in [7, 11) is 0. The maximum Gasteiger partial charge on any atom is 0.168 e. The minimum Gasteiger partial charge on any atom is -0.335 e. The molecule has 0 aromatic heterocycles. The van der Waals surface area contributed by atoms with Gasteiger partial charge in [-0.2, -0.15) is 0 Å². The molecule has 0 saturated heterocycles. The van der Waals surface area contributed by atoms with Gasteiger partial charge in [0.25, 0.3) is 0 Å². The van der Waals surface area contributed by atoms with Crippen LogP contribution < -0.4 is 5.32 Å². The number of nitrogens with zero attached hydrogens (tertiary/aromatic N) is 3. The Morgan fingerprint density at radius 1 is 1.11 bits per heavy atom. The van der Waals surface area contributed by atoms with Gasteiger partial charge in [0.2, 0.25) is 0 Å². The number of amidine groups is 2. The number of anilines is 1. The highest BCUT2D eigenvalue weighted by Crippen LogP contribution is 2.36. The van der Waals surface area contributed by atoms with Crippen molar-refractivity contribution in [3.8, 4) is 0 Å². The number of thioether (sulfide) groups is 2. The summed E-state index contributed by atoms with van der Waals surface area (Å²) in [6, 6.07) is 19.6. The molecule has 2 unspecified atom stereocenters. The van der Waals surface area contributed by atoms with E-state index in [1.165, 1.54) is 22.5 Å². The standard InChI is InChI=1S/C22H22N4S2/c1-15-19-9-5-6-10-20(19)25-21(23-15)27-13-18-14-28-22-24-17(12-26(18)22)11-16-7-3-2-4-8-16/h2-10,14-15,17H,11-13H2,1H3,(H,23,25). The first-order valence-corrected chi connectivity index (χ1v) is 11.4. The summed E-state index contributed by atoms with van der Waals surface area (Å²) in [5.74, 6) is 0.908. The van der Waals surface area contributed by atoms with Crippen molar-refractivity contribution in [2.45, 2.75) is 25.4 Å². The van der Waals surface area contributed by atoms with Gasteiger partial charge in [0.15, 0.2) is 10.3 Å². The van der Waals surface area contributed by atoms with Crippen LogP contribution in [0.25, 0.3) is 0 Å². The molecule has 0 radical (unpaired) electrons. The maximum absolute atomic E-state index is 4.93. The molecule has 0 fully saturated rings. The van der Waals surface area contributed by atoms with Crippen LogP contribution in [0.4, 0.5) is 5.69 Å². The predicted molar refractivity (Wildman–Crippen MR) is 122 cm³/mol. The van der Waals surface area contributed by atoms with Gasteiger partial charge in [-0.3, -0.25) is 9.98 Å². The summed E-state index contributed by atoms with van der Waals surface area (Å²) < 4.78 is 0. The molecule has 0 bridgehead atoms. The lowest BCUT2D eigenvalue weighted by Crippen LogP contribution is -2.26. The van der Waals surface area contributed by atoms with Crippen molar-refractivity contribution in [1.82, 2.24) is 4.90 Å². The van der Waals surface area contributed by atoms with E-state index < -0.39 is 0 Å². The second kappa shape index (κ2) is 7.68. The van der Waals surface area contributed by atoms with Crippen LogP contribution in [-0.2, 0) is 6.42 Å². The zero-order valence-corrected chi connectivity index (χ0v) is 17.3. The smallest absolute Gasteiger partial charge is 0.168 e. The molecular weight excluding hydrogens is 384 g/mol. The molecule has 0 spiro atoms. The topological polar surface area (TPSA) is 40.0 Å². The highest BCUT2D eigenvalue weighted by molar-refractivity contribution is 8.17. The van der Waals surface area contributed by atoms with E-state index in [4.69, 9.17) is 9.98 Å². The third-order valence-corrected chi connectivity index (χ3v) is 7.05. The van der Waals surface area contributed by atoms with E-state index >= 15 is 0 Å². The second-order valence-corrected chi connectivity index (χ2v) is 9.00. The first-order valence-electron chi connectivity index (χ1n) is 9.58. The van der Waals surface area contributed by atoms with Crippen molar-refractivity contribution >= 4 is 39.5 Å². The van der Waals surface area contributed by atoms with E-state index in [2.05, 4.69) is 77.1 Å². The fourth-order valence-corrected chi connectivity index (χ4v) is 5.79. The number of hydrogen-bond donors (Lipinski definition) is 1. The molecular formula is C22H22N4S2. The third-order valence-electron chi connectivity index (χ3n) is 5.20. The van der Waals surface area contributed by atoms with Crippen LogP contribution in [0, 0.1) is 0 Å². The van der Waals surface area contributed by atoms with E-state index in [0.29, 0.717) is 6.04 Å². The van der Waals surface area contributed by atoms with Crippen LogP contribution in [0.1, 0.15) is 24.1 Å². The Morgan fingerprint density at radius 3 is 2.82 bits per heavy atom. The number of benzene rings is 2. The van der Waals surface area contributed by atoms with E-state index in [1.54, 1.807) is 23.5 Å². The number of fused-ring (bicyclic) bond motifs is 2. The number of nitrogens with one attached hydrogen (secondary N) is 1. The monoisotopic (exact) mass is 406 g/mol. The van der Waals surface area contributed by atoms with Gasteiger partial charge in [0.1, 0.15) is 0 Å². The predicted octanol–water partition coefficient (Wildman–Crippen LogP) is 5.13. The van der Waals surface area contributed by atoms with Crippen LogP contribution in [0.3, 0.4) is 0 Å². The Labute approximate surface area is 174 Å². The van der Waals surface area contributed by atoms with Crippen molar-refractivity contribution in [3.05, 3.63) is 76.8 Å². The molecule has 142 valence electrons. The van der Waals surface area contributed by atoms with Gasteiger partial charge in [-0.25, -0.2) is 0 Å². The molecule has 28 heavy (non-hydrogen) atoms. The molecule has 2 atom stereocenters. The SMILES string of the molecule is CC1N=C(SCC2=CSC3=NC(Cc4ccccc4)CN23)Nc2ccccc21. The minimum absolute atomic E-state index is 0.200. The molecule has 4 nitrogen and oxygen atoms in total. The molecule has 0 saturated carbocycles. The Balaban J connectivity index is 1.20. The Morgan fingerprint density at radius 2 is 1.93 bits per heavy atom. The number of hydrogen-bond acceptors (Lipinski definition) is 6. The highest BCUT2D eigenvalue weighted by atomic mass is 32.2. The van der Waals surface area contributed by atoms with Gasteiger partial charge in [0.05, 0.1) is 12.1 Å². The lowest BCUT2D eigenvalue weighted by molar-refractivity contribution is 0.512. The second-order valence-electron chi connectivity index (χ2n) is 7.20. The lowest BCUT2D eigenvalue weighted by atomic mass is 10.1. The third kappa shape index (κ3) is 3.59. The molecule has 2 aromatic rings. The van der Waals surface area contributed by atoms with Gasteiger partial charge in [-0.1, -0.05) is 72.1 Å². The molecule has 3 aliphatic heterocycles. The zero-order chi connectivity index (χ0) is 18.9. The first kappa shape index (κ1) is 17.9. The molecule has 1 N–H and O–H groups in total. The summed E-state index contributed by atoms with van der Waals surface area (Å²) in [4.78, 5) is 12.1. The van der Waals surface area contributed by atoms with Crippen LogP contribution in [0.5, 0.6) is 0 Å². The van der Waals surface area contributed by atoms with Gasteiger partial charge < -0.3 is 10.2 Å². The van der Waals surface area contributed by atoms with E-state index in [1.807, 2.05) is 0 Å². The van der Waals surface area contributed by atoms with E-state index in [9.17, 15) is 0 Å². The van der Waals surface area contributed by atoms with Crippen molar-refractivity contribution in [1.29, 1.82) is 0 Å². The van der Waals surface area contributed by atoms with Gasteiger partial charge in [-0.15, -0.1) is 0 Å². The summed E-state index contributed by atoms with van der Waals surface area (Å²) in [6.07, 6.45) is 1.00. The van der Waals surface area contributed by atoms with Crippen molar-refractivity contribution in [3.63, 3.8) is 0 Å². The minimum atomic E-state index is 0.200. The highest BCUT2D eigenvalue weighted by Gasteiger charge is 2.32. The summed E-state index contributed by atoms with van der Waals surface area (Å²) in [5.41, 5.74) is 5.13. The first-order chi connectivity index (χ1) is 13.8. The van der Waals surface area contributed by atoms with Crippen LogP contribution in [0.15, 0.2) is 75.7 Å². The summed E-state index contributed by atoms with van der Waals surface area (Å²) >= 11 is 3.53. The fourth-order valence-electron chi connectivity index (χ4n) is 3.77. The molecule has 5 rings (SSSR count). The summed E-state index contributed by atoms with van der Waals surface area (Å²) in [6.45, 7) is 3.13. The normalized spacial score (nSPS) is 22.8. The largest absolute Gasteiger partial charge is 0.335 e. The molecule has 6 heteroatoms. The molecule has 3 aliphatic rings. The van der Waals surface area contributed by atoms with E-state index in [0.717, 1.165) is 29.1 Å². The Bertz CT molecular complexity index is 968. The van der Waals surface area contributed by atoms with Gasteiger partial charge >= 0.3 is 0 Å². The molecule has 0 amide bonds. The summed E-state index contributed by atoms with van der Waals surface area (Å²) in [5, 5.41) is 7.87. The van der Waals surface area contributed by atoms with Crippen LogP contribution in [-0.4, -0.2) is 33.6 Å².